The van der Waals surface area contributed by atoms with Crippen molar-refractivity contribution in [2.75, 3.05) is 10.6 Å². The zero-order valence-electron chi connectivity index (χ0n) is 24.8. The van der Waals surface area contributed by atoms with Crippen LogP contribution in [0.25, 0.3) is 5.69 Å². The molecule has 2 unspecified atom stereocenters. The van der Waals surface area contributed by atoms with E-state index in [4.69, 9.17) is 5.10 Å². The molecule has 0 spiro atoms. The maximum atomic E-state index is 13.1. The number of nitrogens with zero attached hydrogens (tertiary/aromatic N) is 3. The summed E-state index contributed by atoms with van der Waals surface area (Å²) in [5.41, 5.74) is 5.63. The molecule has 2 aromatic carbocycles. The van der Waals surface area contributed by atoms with Gasteiger partial charge in [-0.25, -0.2) is 9.48 Å². The first-order valence-electron chi connectivity index (χ1n) is 14.8. The van der Waals surface area contributed by atoms with E-state index < -0.39 is 0 Å². The number of hydrogen-bond acceptors (Lipinski definition) is 4. The van der Waals surface area contributed by atoms with Gasteiger partial charge >= 0.3 is 6.03 Å². The summed E-state index contributed by atoms with van der Waals surface area (Å²) in [6.45, 7) is 8.38. The molecular formula is C34H39N5O2S. The number of carbonyl (C=O) groups is 2. The molecule has 42 heavy (non-hydrogen) atoms. The van der Waals surface area contributed by atoms with Gasteiger partial charge in [-0.15, -0.1) is 0 Å². The first-order chi connectivity index (χ1) is 20.1. The van der Waals surface area contributed by atoms with Gasteiger partial charge in [0.1, 0.15) is 5.82 Å². The number of piperidine rings is 1. The number of fused-ring (bicyclic) bond motifs is 2. The number of nitrogens with one attached hydrogen (secondary N) is 2. The predicted molar refractivity (Wildman–Crippen MR) is 170 cm³/mol. The van der Waals surface area contributed by atoms with Crippen molar-refractivity contribution in [3.05, 3.63) is 93.8 Å². The van der Waals surface area contributed by atoms with Gasteiger partial charge in [-0.3, -0.25) is 10.1 Å². The molecule has 0 saturated carbocycles. The summed E-state index contributed by atoms with van der Waals surface area (Å²) in [5.74, 6) is 1.39. The van der Waals surface area contributed by atoms with Crippen LogP contribution in [-0.2, 0) is 11.8 Å². The number of amides is 3. The average Bonchev–Trinajstić information content (AvgIpc) is 3.69. The van der Waals surface area contributed by atoms with Crippen molar-refractivity contribution in [2.24, 2.45) is 5.92 Å². The summed E-state index contributed by atoms with van der Waals surface area (Å²) in [5, 5.41) is 14.7. The van der Waals surface area contributed by atoms with Gasteiger partial charge in [0.2, 0.25) is 0 Å². The molecule has 7 nitrogen and oxygen atoms in total. The number of benzene rings is 2. The number of aryl methyl sites for hydroxylation is 1. The zero-order chi connectivity index (χ0) is 29.4. The van der Waals surface area contributed by atoms with Crippen LogP contribution in [0.3, 0.4) is 0 Å². The maximum Gasteiger partial charge on any atom is 0.324 e. The minimum atomic E-state index is -0.310. The van der Waals surface area contributed by atoms with E-state index in [9.17, 15) is 9.59 Å². The maximum absolute atomic E-state index is 13.1. The Morgan fingerprint density at radius 2 is 1.64 bits per heavy atom. The molecule has 218 valence electrons. The SMILES string of the molecule is Cc1ccc(-n2nc(C(C)(C)C)cc2NC(=O)Nc2ccc(CC3CC4CCC(C3)N4C(=O)c3ccsc3)cc2)cc1. The Labute approximate surface area is 251 Å². The third-order valence-corrected chi connectivity index (χ3v) is 9.25. The first kappa shape index (κ1) is 28.2. The highest BCUT2D eigenvalue weighted by Gasteiger charge is 2.43. The Kier molecular flexibility index (Phi) is 7.66. The van der Waals surface area contributed by atoms with Crippen LogP contribution in [0.1, 0.15) is 73.6 Å². The number of thiophene rings is 1. The molecular weight excluding hydrogens is 542 g/mol. The molecule has 0 radical (unpaired) electrons. The molecule has 2 atom stereocenters. The van der Waals surface area contributed by atoms with Gasteiger partial charge in [-0.1, -0.05) is 50.6 Å². The van der Waals surface area contributed by atoms with E-state index in [-0.39, 0.29) is 17.4 Å². The first-order valence-corrected chi connectivity index (χ1v) is 15.8. The van der Waals surface area contributed by atoms with Crippen molar-refractivity contribution in [2.45, 2.75) is 77.3 Å². The Balaban J connectivity index is 1.07. The van der Waals surface area contributed by atoms with Crippen LogP contribution in [0.4, 0.5) is 16.3 Å². The number of urea groups is 1. The van der Waals surface area contributed by atoms with E-state index in [0.717, 1.165) is 54.7 Å². The summed E-state index contributed by atoms with van der Waals surface area (Å²) in [4.78, 5) is 28.3. The van der Waals surface area contributed by atoms with Crippen molar-refractivity contribution in [3.8, 4) is 5.69 Å². The van der Waals surface area contributed by atoms with Gasteiger partial charge in [0, 0.05) is 34.6 Å². The van der Waals surface area contributed by atoms with Gasteiger partial charge in [0.25, 0.3) is 5.91 Å². The molecule has 2 aliphatic rings. The third-order valence-electron chi connectivity index (χ3n) is 8.57. The molecule has 4 heterocycles. The van der Waals surface area contributed by atoms with Gasteiger partial charge in [0.05, 0.1) is 16.9 Å². The van der Waals surface area contributed by atoms with Crippen LogP contribution in [0.15, 0.2) is 71.4 Å². The van der Waals surface area contributed by atoms with Crippen LogP contribution >= 0.6 is 11.3 Å². The van der Waals surface area contributed by atoms with E-state index >= 15 is 0 Å². The minimum absolute atomic E-state index is 0.158. The second-order valence-electron chi connectivity index (χ2n) is 12.8. The monoisotopic (exact) mass is 581 g/mol. The highest BCUT2D eigenvalue weighted by molar-refractivity contribution is 7.08. The standard InChI is InChI=1S/C34H39N5O2S/c1-22-5-11-27(12-6-22)39-31(20-30(37-39)34(2,3)4)36-33(41)35-26-9-7-23(8-10-26)17-24-18-28-13-14-29(19-24)38(28)32(40)25-15-16-42-21-25/h5-12,15-16,20-21,24,28-29H,13-14,17-19H2,1-4H3,(H2,35,36,41). The van der Waals surface area contributed by atoms with Crippen molar-refractivity contribution in [3.63, 3.8) is 0 Å². The molecule has 2 fully saturated rings. The zero-order valence-corrected chi connectivity index (χ0v) is 25.6. The van der Waals surface area contributed by atoms with Crippen molar-refractivity contribution in [1.29, 1.82) is 0 Å². The van der Waals surface area contributed by atoms with Gasteiger partial charge in [0.15, 0.2) is 0 Å². The lowest BCUT2D eigenvalue weighted by atomic mass is 9.85. The van der Waals surface area contributed by atoms with Crippen LogP contribution in [0.5, 0.6) is 0 Å². The fraction of sp³-hybridized carbons (Fsp3) is 0.382. The molecule has 0 aliphatic carbocycles. The second-order valence-corrected chi connectivity index (χ2v) is 13.6. The molecule has 2 N–H and O–H groups in total. The molecule has 2 aromatic heterocycles. The van der Waals surface area contributed by atoms with Crippen molar-refractivity contribution >= 4 is 34.8 Å². The van der Waals surface area contributed by atoms with Crippen LogP contribution in [0, 0.1) is 12.8 Å². The summed E-state index contributed by atoms with van der Waals surface area (Å²) < 4.78 is 1.79. The van der Waals surface area contributed by atoms with Crippen LogP contribution in [-0.4, -0.2) is 38.7 Å². The highest BCUT2D eigenvalue weighted by Crippen LogP contribution is 2.41. The normalized spacial score (nSPS) is 20.0. The van der Waals surface area contributed by atoms with Crippen molar-refractivity contribution in [1.82, 2.24) is 14.7 Å². The molecule has 4 aromatic rings. The summed E-state index contributed by atoms with van der Waals surface area (Å²) in [7, 11) is 0. The average molecular weight is 582 g/mol. The van der Waals surface area contributed by atoms with E-state index in [1.807, 2.05) is 66.2 Å². The minimum Gasteiger partial charge on any atom is -0.333 e. The number of carbonyl (C=O) groups excluding carboxylic acids is 2. The lowest BCUT2D eigenvalue weighted by Gasteiger charge is -2.39. The van der Waals surface area contributed by atoms with E-state index in [0.29, 0.717) is 23.8 Å². The summed E-state index contributed by atoms with van der Waals surface area (Å²) in [6, 6.07) is 20.5. The summed E-state index contributed by atoms with van der Waals surface area (Å²) in [6.07, 6.45) is 5.31. The van der Waals surface area contributed by atoms with Gasteiger partial charge < -0.3 is 10.2 Å². The van der Waals surface area contributed by atoms with Crippen LogP contribution in [0.2, 0.25) is 0 Å². The summed E-state index contributed by atoms with van der Waals surface area (Å²) >= 11 is 1.58. The largest absolute Gasteiger partial charge is 0.333 e. The van der Waals surface area contributed by atoms with E-state index in [1.165, 1.54) is 11.1 Å². The Hall–Kier alpha value is -3.91. The lowest BCUT2D eigenvalue weighted by molar-refractivity contribution is 0.0525. The Morgan fingerprint density at radius 3 is 2.26 bits per heavy atom. The second kappa shape index (κ2) is 11.4. The number of aromatic nitrogens is 2. The fourth-order valence-electron chi connectivity index (χ4n) is 6.38. The molecule has 2 bridgehead atoms. The smallest absolute Gasteiger partial charge is 0.324 e. The number of hydrogen-bond donors (Lipinski definition) is 2. The quantitative estimate of drug-likeness (QED) is 0.244. The van der Waals surface area contributed by atoms with E-state index in [1.54, 1.807) is 16.0 Å². The highest BCUT2D eigenvalue weighted by atomic mass is 32.1. The van der Waals surface area contributed by atoms with Crippen molar-refractivity contribution < 1.29 is 9.59 Å². The topological polar surface area (TPSA) is 79.3 Å². The van der Waals surface area contributed by atoms with Gasteiger partial charge in [-0.2, -0.15) is 16.4 Å². The fourth-order valence-corrected chi connectivity index (χ4v) is 7.01. The molecule has 6 rings (SSSR count). The van der Waals surface area contributed by atoms with Crippen LogP contribution < -0.4 is 10.6 Å². The Bertz CT molecular complexity index is 1540. The third kappa shape index (κ3) is 6.00. The molecule has 8 heteroatoms. The molecule has 2 saturated heterocycles. The number of anilines is 2. The molecule has 2 aliphatic heterocycles. The number of rotatable bonds is 6. The Morgan fingerprint density at radius 1 is 0.952 bits per heavy atom. The van der Waals surface area contributed by atoms with Gasteiger partial charge in [-0.05, 0) is 86.2 Å². The molecule has 3 amide bonds. The lowest BCUT2D eigenvalue weighted by Crippen LogP contribution is -2.46. The van der Waals surface area contributed by atoms with E-state index in [2.05, 4.69) is 48.4 Å². The predicted octanol–water partition coefficient (Wildman–Crippen LogP) is 7.81.